The van der Waals surface area contributed by atoms with E-state index in [1.165, 1.54) is 0 Å². The van der Waals surface area contributed by atoms with E-state index in [9.17, 15) is 4.79 Å². The van der Waals surface area contributed by atoms with Gasteiger partial charge in [-0.25, -0.2) is 0 Å². The number of methoxy groups -OCH3 is 1. The first-order valence-corrected chi connectivity index (χ1v) is 9.60. The van der Waals surface area contributed by atoms with Crippen molar-refractivity contribution < 1.29 is 23.7 Å². The lowest BCUT2D eigenvalue weighted by atomic mass is 10.1. The first-order chi connectivity index (χ1) is 13.6. The highest BCUT2D eigenvalue weighted by Crippen LogP contribution is 2.31. The molecule has 2 aromatic rings. The zero-order chi connectivity index (χ0) is 19.9. The molecule has 0 N–H and O–H groups in total. The fraction of sp³-hybridized carbons (Fsp3) is 0.409. The van der Waals surface area contributed by atoms with Crippen LogP contribution in [0.3, 0.4) is 0 Å². The number of hydrogen-bond donors (Lipinski definition) is 0. The Morgan fingerprint density at radius 2 is 1.75 bits per heavy atom. The van der Waals surface area contributed by atoms with E-state index in [1.54, 1.807) is 7.11 Å². The summed E-state index contributed by atoms with van der Waals surface area (Å²) in [7, 11) is 1.62. The van der Waals surface area contributed by atoms with Crippen molar-refractivity contribution in [1.29, 1.82) is 0 Å². The Hall–Kier alpha value is -2.89. The standard InChI is InChI=1S/C22H27NO5/c1-4-23(15-17-7-9-18(26-5-2)20(13-17)25-3)22(24)14-16-6-8-19-21(12-16)28-11-10-27-19/h6-9,12-13H,4-5,10-11,14-15H2,1-3H3. The van der Waals surface area contributed by atoms with Gasteiger partial charge in [-0.15, -0.1) is 0 Å². The maximum absolute atomic E-state index is 12.8. The van der Waals surface area contributed by atoms with Crippen molar-refractivity contribution in [2.45, 2.75) is 26.8 Å². The highest BCUT2D eigenvalue weighted by molar-refractivity contribution is 5.79. The molecule has 0 aliphatic carbocycles. The predicted octanol–water partition coefficient (Wildman–Crippen LogP) is 3.46. The smallest absolute Gasteiger partial charge is 0.227 e. The first kappa shape index (κ1) is 19.9. The van der Waals surface area contributed by atoms with Gasteiger partial charge in [-0.1, -0.05) is 12.1 Å². The van der Waals surface area contributed by atoms with Crippen molar-refractivity contribution in [2.24, 2.45) is 0 Å². The molecule has 0 spiro atoms. The fourth-order valence-electron chi connectivity index (χ4n) is 3.17. The van der Waals surface area contributed by atoms with Crippen molar-refractivity contribution in [3.8, 4) is 23.0 Å². The monoisotopic (exact) mass is 385 g/mol. The number of rotatable bonds is 8. The van der Waals surface area contributed by atoms with Gasteiger partial charge in [0.05, 0.1) is 20.1 Å². The molecule has 0 aromatic heterocycles. The van der Waals surface area contributed by atoms with Crippen LogP contribution in [0.25, 0.3) is 0 Å². The number of carbonyl (C=O) groups is 1. The Morgan fingerprint density at radius 3 is 2.46 bits per heavy atom. The molecule has 6 nitrogen and oxygen atoms in total. The molecule has 0 fully saturated rings. The van der Waals surface area contributed by atoms with E-state index in [1.807, 2.05) is 55.1 Å². The van der Waals surface area contributed by atoms with Gasteiger partial charge < -0.3 is 23.8 Å². The molecule has 3 rings (SSSR count). The van der Waals surface area contributed by atoms with Gasteiger partial charge in [-0.05, 0) is 49.2 Å². The number of nitrogens with zero attached hydrogens (tertiary/aromatic N) is 1. The summed E-state index contributed by atoms with van der Waals surface area (Å²) in [5.74, 6) is 2.88. The summed E-state index contributed by atoms with van der Waals surface area (Å²) >= 11 is 0. The topological polar surface area (TPSA) is 57.2 Å². The minimum Gasteiger partial charge on any atom is -0.493 e. The highest BCUT2D eigenvalue weighted by Gasteiger charge is 2.17. The van der Waals surface area contributed by atoms with Gasteiger partial charge in [-0.3, -0.25) is 4.79 Å². The lowest BCUT2D eigenvalue weighted by Gasteiger charge is -2.23. The van der Waals surface area contributed by atoms with Crippen LogP contribution in [0.15, 0.2) is 36.4 Å². The zero-order valence-electron chi connectivity index (χ0n) is 16.7. The minimum absolute atomic E-state index is 0.0621. The Kier molecular flexibility index (Phi) is 6.63. The van der Waals surface area contributed by atoms with Crippen LogP contribution in [-0.2, 0) is 17.8 Å². The second-order valence-corrected chi connectivity index (χ2v) is 6.48. The third-order valence-corrected chi connectivity index (χ3v) is 4.60. The van der Waals surface area contributed by atoms with Crippen molar-refractivity contribution >= 4 is 5.91 Å². The van der Waals surface area contributed by atoms with E-state index in [0.29, 0.717) is 56.6 Å². The second-order valence-electron chi connectivity index (χ2n) is 6.48. The van der Waals surface area contributed by atoms with Gasteiger partial charge in [0.25, 0.3) is 0 Å². The van der Waals surface area contributed by atoms with E-state index in [2.05, 4.69) is 0 Å². The third-order valence-electron chi connectivity index (χ3n) is 4.60. The van der Waals surface area contributed by atoms with Gasteiger partial charge in [-0.2, -0.15) is 0 Å². The van der Waals surface area contributed by atoms with E-state index in [-0.39, 0.29) is 5.91 Å². The number of hydrogen-bond acceptors (Lipinski definition) is 5. The van der Waals surface area contributed by atoms with Gasteiger partial charge >= 0.3 is 0 Å². The van der Waals surface area contributed by atoms with Crippen molar-refractivity contribution in [3.63, 3.8) is 0 Å². The number of amides is 1. The summed E-state index contributed by atoms with van der Waals surface area (Å²) in [6.07, 6.45) is 0.318. The van der Waals surface area contributed by atoms with E-state index in [0.717, 1.165) is 16.9 Å². The number of benzene rings is 2. The fourth-order valence-corrected chi connectivity index (χ4v) is 3.17. The third kappa shape index (κ3) is 4.68. The molecule has 6 heteroatoms. The number of likely N-dealkylation sites (N-methyl/N-ethyl adjacent to an activating group) is 1. The van der Waals surface area contributed by atoms with Crippen LogP contribution in [0.2, 0.25) is 0 Å². The Labute approximate surface area is 166 Å². The van der Waals surface area contributed by atoms with Gasteiger partial charge in [0, 0.05) is 13.1 Å². The van der Waals surface area contributed by atoms with E-state index < -0.39 is 0 Å². The van der Waals surface area contributed by atoms with Crippen LogP contribution < -0.4 is 18.9 Å². The molecule has 0 bridgehead atoms. The van der Waals surface area contributed by atoms with E-state index in [4.69, 9.17) is 18.9 Å². The maximum atomic E-state index is 12.8. The van der Waals surface area contributed by atoms with Crippen molar-refractivity contribution in [3.05, 3.63) is 47.5 Å². The summed E-state index contributed by atoms with van der Waals surface area (Å²) < 4.78 is 22.1. The normalized spacial score (nSPS) is 12.4. The highest BCUT2D eigenvalue weighted by atomic mass is 16.6. The lowest BCUT2D eigenvalue weighted by molar-refractivity contribution is -0.130. The Balaban J connectivity index is 1.68. The minimum atomic E-state index is 0.0621. The largest absolute Gasteiger partial charge is 0.493 e. The molecule has 1 aliphatic heterocycles. The second kappa shape index (κ2) is 9.35. The molecule has 1 heterocycles. The predicted molar refractivity (Wildman–Crippen MR) is 106 cm³/mol. The molecule has 1 amide bonds. The SMILES string of the molecule is CCOc1ccc(CN(CC)C(=O)Cc2ccc3c(c2)OCCO3)cc1OC. The number of carbonyl (C=O) groups excluding carboxylic acids is 1. The van der Waals surface area contributed by atoms with Crippen molar-refractivity contribution in [2.75, 3.05) is 33.5 Å². The molecule has 0 saturated heterocycles. The molecule has 0 radical (unpaired) electrons. The summed E-state index contributed by atoms with van der Waals surface area (Å²) in [6, 6.07) is 11.4. The Bertz CT molecular complexity index is 821. The molecule has 28 heavy (non-hydrogen) atoms. The number of fused-ring (bicyclic) bond motifs is 1. The average Bonchev–Trinajstić information content (AvgIpc) is 2.72. The van der Waals surface area contributed by atoms with Crippen LogP contribution in [0, 0.1) is 0 Å². The molecule has 0 unspecified atom stereocenters. The molecule has 150 valence electrons. The zero-order valence-corrected chi connectivity index (χ0v) is 16.7. The molecular weight excluding hydrogens is 358 g/mol. The molecular formula is C22H27NO5. The quantitative estimate of drug-likeness (QED) is 0.697. The summed E-state index contributed by atoms with van der Waals surface area (Å²) in [5.41, 5.74) is 1.91. The lowest BCUT2D eigenvalue weighted by Crippen LogP contribution is -2.31. The first-order valence-electron chi connectivity index (χ1n) is 9.60. The number of ether oxygens (including phenoxy) is 4. The molecule has 2 aromatic carbocycles. The van der Waals surface area contributed by atoms with Gasteiger partial charge in [0.2, 0.25) is 5.91 Å². The molecule has 1 aliphatic rings. The van der Waals surface area contributed by atoms with Crippen LogP contribution >= 0.6 is 0 Å². The summed E-state index contributed by atoms with van der Waals surface area (Å²) in [4.78, 5) is 14.7. The van der Waals surface area contributed by atoms with Crippen LogP contribution in [-0.4, -0.2) is 44.3 Å². The van der Waals surface area contributed by atoms with Gasteiger partial charge in [0.1, 0.15) is 13.2 Å². The molecule has 0 saturated carbocycles. The van der Waals surface area contributed by atoms with Crippen molar-refractivity contribution in [1.82, 2.24) is 4.90 Å². The van der Waals surface area contributed by atoms with Gasteiger partial charge in [0.15, 0.2) is 23.0 Å². The van der Waals surface area contributed by atoms with Crippen LogP contribution in [0.4, 0.5) is 0 Å². The summed E-state index contributed by atoms with van der Waals surface area (Å²) in [6.45, 7) is 6.72. The molecule has 0 atom stereocenters. The Morgan fingerprint density at radius 1 is 1.00 bits per heavy atom. The average molecular weight is 385 g/mol. The van der Waals surface area contributed by atoms with Crippen LogP contribution in [0.1, 0.15) is 25.0 Å². The summed E-state index contributed by atoms with van der Waals surface area (Å²) in [5, 5.41) is 0. The van der Waals surface area contributed by atoms with E-state index >= 15 is 0 Å². The van der Waals surface area contributed by atoms with Crippen LogP contribution in [0.5, 0.6) is 23.0 Å². The maximum Gasteiger partial charge on any atom is 0.227 e.